The standard InChI is InChI=1S/C26H21F6NO5/c1-23(2)19(11-12-20(34)38-21(25(27,28)29)26(30,31)32)24(23,15-33)22(35)36-14-16-7-6-10-18(13-16)37-17-8-4-3-5-9-17/h3-13,19,21H,14H2,1-2H3. The maximum absolute atomic E-state index is 12.9. The molecule has 202 valence electrons. The van der Waals surface area contributed by atoms with Crippen LogP contribution in [-0.4, -0.2) is 30.4 Å². The van der Waals surface area contributed by atoms with Crippen molar-refractivity contribution in [2.75, 3.05) is 0 Å². The van der Waals surface area contributed by atoms with Gasteiger partial charge in [0, 0.05) is 17.4 Å². The molecule has 6 nitrogen and oxygen atoms in total. The van der Waals surface area contributed by atoms with Crippen molar-refractivity contribution in [3.8, 4) is 17.6 Å². The second-order valence-corrected chi connectivity index (χ2v) is 9.02. The highest BCUT2D eigenvalue weighted by Gasteiger charge is 2.76. The molecule has 0 aliphatic heterocycles. The maximum Gasteiger partial charge on any atom is 0.434 e. The number of alkyl halides is 6. The topological polar surface area (TPSA) is 85.6 Å². The normalized spacial score (nSPS) is 20.6. The quantitative estimate of drug-likeness (QED) is 0.222. The van der Waals surface area contributed by atoms with E-state index < -0.39 is 47.1 Å². The average molecular weight is 541 g/mol. The second kappa shape index (κ2) is 10.4. The molecule has 0 spiro atoms. The van der Waals surface area contributed by atoms with Crippen molar-refractivity contribution in [1.82, 2.24) is 0 Å². The number of nitriles is 1. The summed E-state index contributed by atoms with van der Waals surface area (Å²) in [4.78, 5) is 24.6. The minimum absolute atomic E-state index is 0.248. The predicted octanol–water partition coefficient (Wildman–Crippen LogP) is 6.28. The number of para-hydroxylation sites is 1. The minimum Gasteiger partial charge on any atom is -0.460 e. The summed E-state index contributed by atoms with van der Waals surface area (Å²) in [6, 6.07) is 17.3. The number of hydrogen-bond acceptors (Lipinski definition) is 6. The van der Waals surface area contributed by atoms with Gasteiger partial charge in [0.1, 0.15) is 18.1 Å². The summed E-state index contributed by atoms with van der Waals surface area (Å²) in [7, 11) is 0. The van der Waals surface area contributed by atoms with Crippen molar-refractivity contribution in [2.24, 2.45) is 16.7 Å². The van der Waals surface area contributed by atoms with E-state index in [0.29, 0.717) is 23.1 Å². The highest BCUT2D eigenvalue weighted by molar-refractivity contribution is 5.88. The molecule has 0 radical (unpaired) electrons. The zero-order valence-electron chi connectivity index (χ0n) is 20.0. The Kier molecular flexibility index (Phi) is 7.81. The van der Waals surface area contributed by atoms with Crippen LogP contribution in [0, 0.1) is 28.1 Å². The van der Waals surface area contributed by atoms with Gasteiger partial charge >= 0.3 is 24.3 Å². The Morgan fingerprint density at radius 3 is 2.18 bits per heavy atom. The molecule has 0 amide bonds. The number of halogens is 6. The number of allylic oxidation sites excluding steroid dienone is 1. The van der Waals surface area contributed by atoms with Crippen molar-refractivity contribution in [3.05, 3.63) is 72.3 Å². The number of esters is 2. The summed E-state index contributed by atoms with van der Waals surface area (Å²) in [5.74, 6) is -2.90. The molecule has 0 N–H and O–H groups in total. The van der Waals surface area contributed by atoms with E-state index in [1.165, 1.54) is 13.8 Å². The number of carbonyl (C=O) groups excluding carboxylic acids is 2. The Balaban J connectivity index is 1.67. The first-order valence-corrected chi connectivity index (χ1v) is 11.1. The summed E-state index contributed by atoms with van der Waals surface area (Å²) in [5, 5.41) is 9.74. The van der Waals surface area contributed by atoms with Crippen LogP contribution in [0.3, 0.4) is 0 Å². The highest BCUT2D eigenvalue weighted by atomic mass is 19.4. The summed E-state index contributed by atoms with van der Waals surface area (Å²) in [5.41, 5.74) is -2.43. The smallest absolute Gasteiger partial charge is 0.434 e. The van der Waals surface area contributed by atoms with Gasteiger partial charge in [-0.1, -0.05) is 50.3 Å². The van der Waals surface area contributed by atoms with E-state index in [0.717, 1.165) is 6.08 Å². The van der Waals surface area contributed by atoms with E-state index in [1.54, 1.807) is 48.5 Å². The second-order valence-electron chi connectivity index (χ2n) is 9.02. The zero-order chi connectivity index (χ0) is 28.4. The summed E-state index contributed by atoms with van der Waals surface area (Å²) < 4.78 is 90.3. The molecule has 1 fully saturated rings. The first-order chi connectivity index (χ1) is 17.6. The number of benzene rings is 2. The molecule has 2 aromatic rings. The number of carbonyl (C=O) groups is 2. The van der Waals surface area contributed by atoms with Crippen LogP contribution >= 0.6 is 0 Å². The molecular weight excluding hydrogens is 520 g/mol. The summed E-state index contributed by atoms with van der Waals surface area (Å²) in [6.45, 7) is 2.70. The van der Waals surface area contributed by atoms with Crippen LogP contribution in [0.2, 0.25) is 0 Å². The molecule has 1 saturated carbocycles. The van der Waals surface area contributed by atoms with E-state index in [9.17, 15) is 41.2 Å². The fourth-order valence-electron chi connectivity index (χ4n) is 4.07. The molecule has 2 unspecified atom stereocenters. The van der Waals surface area contributed by atoms with E-state index >= 15 is 0 Å². The third-order valence-corrected chi connectivity index (χ3v) is 6.18. The highest BCUT2D eigenvalue weighted by Crippen LogP contribution is 2.69. The van der Waals surface area contributed by atoms with Gasteiger partial charge in [0.2, 0.25) is 0 Å². The van der Waals surface area contributed by atoms with Gasteiger partial charge in [-0.25, -0.2) is 4.79 Å². The molecule has 0 aromatic heterocycles. The van der Waals surface area contributed by atoms with E-state index in [-0.39, 0.29) is 6.61 Å². The van der Waals surface area contributed by atoms with E-state index in [2.05, 4.69) is 4.74 Å². The lowest BCUT2D eigenvalue weighted by Gasteiger charge is -2.22. The number of hydrogen-bond donors (Lipinski definition) is 0. The van der Waals surface area contributed by atoms with Crippen LogP contribution in [0.25, 0.3) is 0 Å². The third-order valence-electron chi connectivity index (χ3n) is 6.18. The molecule has 0 heterocycles. The third kappa shape index (κ3) is 5.93. The number of nitrogens with zero attached hydrogens (tertiary/aromatic N) is 1. The minimum atomic E-state index is -5.87. The van der Waals surface area contributed by atoms with Crippen LogP contribution in [-0.2, 0) is 25.7 Å². The van der Waals surface area contributed by atoms with Crippen molar-refractivity contribution in [2.45, 2.75) is 38.9 Å². The molecule has 2 atom stereocenters. The van der Waals surface area contributed by atoms with Gasteiger partial charge in [0.05, 0.1) is 6.07 Å². The fourth-order valence-corrected chi connectivity index (χ4v) is 4.07. The van der Waals surface area contributed by atoms with Gasteiger partial charge in [-0.15, -0.1) is 0 Å². The molecule has 0 saturated heterocycles. The Hall–Kier alpha value is -4.01. The van der Waals surface area contributed by atoms with Crippen molar-refractivity contribution < 1.29 is 50.1 Å². The summed E-state index contributed by atoms with van der Waals surface area (Å²) >= 11 is 0. The van der Waals surface area contributed by atoms with Crippen molar-refractivity contribution >= 4 is 11.9 Å². The monoisotopic (exact) mass is 541 g/mol. The number of rotatable bonds is 8. The maximum atomic E-state index is 12.9. The number of ether oxygens (including phenoxy) is 3. The first-order valence-electron chi connectivity index (χ1n) is 11.1. The van der Waals surface area contributed by atoms with Gasteiger partial charge < -0.3 is 14.2 Å². The molecule has 12 heteroatoms. The van der Waals surface area contributed by atoms with Gasteiger partial charge in [0.25, 0.3) is 6.10 Å². The van der Waals surface area contributed by atoms with Crippen LogP contribution in [0.5, 0.6) is 11.5 Å². The van der Waals surface area contributed by atoms with Crippen LogP contribution in [0.1, 0.15) is 19.4 Å². The fraction of sp³-hybridized carbons (Fsp3) is 0.346. The largest absolute Gasteiger partial charge is 0.460 e. The molecule has 38 heavy (non-hydrogen) atoms. The first kappa shape index (κ1) is 28.6. The molecule has 1 aliphatic carbocycles. The Morgan fingerprint density at radius 2 is 1.61 bits per heavy atom. The Morgan fingerprint density at radius 1 is 1.00 bits per heavy atom. The molecule has 2 aromatic carbocycles. The SMILES string of the molecule is CC1(C)C(C=CC(=O)OC(C(F)(F)F)C(F)(F)F)C1(C#N)C(=O)OCc1cccc(Oc2ccccc2)c1. The van der Waals surface area contributed by atoms with Gasteiger partial charge in [-0.3, -0.25) is 4.79 Å². The van der Waals surface area contributed by atoms with Crippen LogP contribution in [0.15, 0.2) is 66.7 Å². The Labute approximate surface area is 213 Å². The predicted molar refractivity (Wildman–Crippen MR) is 119 cm³/mol. The van der Waals surface area contributed by atoms with Crippen LogP contribution < -0.4 is 4.74 Å². The van der Waals surface area contributed by atoms with Gasteiger partial charge in [0.15, 0.2) is 5.41 Å². The van der Waals surface area contributed by atoms with Gasteiger partial charge in [-0.05, 0) is 29.8 Å². The lowest BCUT2D eigenvalue weighted by Crippen LogP contribution is -2.45. The Bertz CT molecular complexity index is 1240. The molecule has 1 aliphatic rings. The van der Waals surface area contributed by atoms with Gasteiger partial charge in [-0.2, -0.15) is 31.6 Å². The van der Waals surface area contributed by atoms with E-state index in [4.69, 9.17) is 9.47 Å². The lowest BCUT2D eigenvalue weighted by atomic mass is 9.98. The lowest BCUT2D eigenvalue weighted by molar-refractivity contribution is -0.312. The van der Waals surface area contributed by atoms with E-state index in [1.807, 2.05) is 12.1 Å². The average Bonchev–Trinajstić information content (AvgIpc) is 3.33. The molecule has 3 rings (SSSR count). The van der Waals surface area contributed by atoms with Crippen LogP contribution in [0.4, 0.5) is 26.3 Å². The zero-order valence-corrected chi connectivity index (χ0v) is 20.0. The molecule has 0 bridgehead atoms. The van der Waals surface area contributed by atoms with Crippen molar-refractivity contribution in [3.63, 3.8) is 0 Å². The van der Waals surface area contributed by atoms with Crippen molar-refractivity contribution in [1.29, 1.82) is 5.26 Å². The molecular formula is C26H21F6NO5. The summed E-state index contributed by atoms with van der Waals surface area (Å²) in [6.07, 6.45) is -14.8.